The van der Waals surface area contributed by atoms with E-state index in [2.05, 4.69) is 50.5 Å². The van der Waals surface area contributed by atoms with Crippen LogP contribution in [0, 0.1) is 0 Å². The van der Waals surface area contributed by atoms with Crippen LogP contribution in [0.15, 0.2) is 59.1 Å². The molecule has 4 rings (SSSR count). The van der Waals surface area contributed by atoms with Gasteiger partial charge in [-0.1, -0.05) is 24.3 Å². The van der Waals surface area contributed by atoms with E-state index in [0.29, 0.717) is 17.4 Å². The average Bonchev–Trinajstić information content (AvgIpc) is 2.80. The van der Waals surface area contributed by atoms with Gasteiger partial charge < -0.3 is 15.0 Å². The number of benzene rings is 3. The second kappa shape index (κ2) is 9.88. The molecule has 1 aliphatic heterocycles. The highest BCUT2D eigenvalue weighted by Crippen LogP contribution is 2.36. The van der Waals surface area contributed by atoms with Gasteiger partial charge in [0.1, 0.15) is 5.75 Å². The fraction of sp³-hybridized carbons (Fsp3) is 0.280. The Balaban J connectivity index is 1.46. The molecule has 1 aliphatic rings. The summed E-state index contributed by atoms with van der Waals surface area (Å²) < 4.78 is 6.25. The number of ether oxygens (including phenoxy) is 1. The first-order valence-electron chi connectivity index (χ1n) is 10.7. The van der Waals surface area contributed by atoms with Crippen LogP contribution in [0.4, 0.5) is 11.4 Å². The molecule has 32 heavy (non-hydrogen) atoms. The number of hydrogen-bond acceptors (Lipinski definition) is 4. The Bertz CT molecular complexity index is 1150. The van der Waals surface area contributed by atoms with E-state index in [9.17, 15) is 4.79 Å². The number of piperidine rings is 1. The maximum Gasteiger partial charge on any atom is 0.261 e. The molecule has 3 aromatic carbocycles. The molecular formula is C25H26BrN3O2S. The lowest BCUT2D eigenvalue weighted by molar-refractivity contribution is 0.0975. The number of amides is 1. The summed E-state index contributed by atoms with van der Waals surface area (Å²) in [6, 6.07) is 18.3. The normalized spacial score (nSPS) is 16.0. The van der Waals surface area contributed by atoms with E-state index in [4.69, 9.17) is 17.0 Å². The van der Waals surface area contributed by atoms with Crippen LogP contribution in [0.5, 0.6) is 5.75 Å². The number of nitrogens with zero attached hydrogens (tertiary/aromatic N) is 1. The van der Waals surface area contributed by atoms with E-state index in [-0.39, 0.29) is 11.0 Å². The number of methoxy groups -OCH3 is 1. The summed E-state index contributed by atoms with van der Waals surface area (Å²) in [6.07, 6.45) is 3.75. The van der Waals surface area contributed by atoms with E-state index in [1.807, 2.05) is 42.5 Å². The summed E-state index contributed by atoms with van der Waals surface area (Å²) in [5, 5.41) is 8.02. The van der Waals surface area contributed by atoms with Crippen LogP contribution >= 0.6 is 28.1 Å². The number of thiocarbonyl (C=S) groups is 1. The van der Waals surface area contributed by atoms with Crippen LogP contribution in [0.2, 0.25) is 0 Å². The van der Waals surface area contributed by atoms with Crippen LogP contribution in [-0.4, -0.2) is 30.7 Å². The number of fused-ring (bicyclic) bond motifs is 1. The van der Waals surface area contributed by atoms with Crippen molar-refractivity contribution in [2.75, 3.05) is 23.9 Å². The quantitative estimate of drug-likeness (QED) is 0.413. The van der Waals surface area contributed by atoms with Crippen LogP contribution < -0.4 is 20.3 Å². The van der Waals surface area contributed by atoms with Crippen molar-refractivity contribution < 1.29 is 9.53 Å². The van der Waals surface area contributed by atoms with E-state index < -0.39 is 0 Å². The fourth-order valence-corrected chi connectivity index (χ4v) is 5.15. The van der Waals surface area contributed by atoms with Gasteiger partial charge in [-0.25, -0.2) is 0 Å². The maximum absolute atomic E-state index is 13.0. The zero-order valence-electron chi connectivity index (χ0n) is 18.2. The van der Waals surface area contributed by atoms with Gasteiger partial charge in [-0.3, -0.25) is 10.1 Å². The van der Waals surface area contributed by atoms with Gasteiger partial charge in [0.2, 0.25) is 0 Å². The molecule has 1 unspecified atom stereocenters. The molecule has 166 valence electrons. The van der Waals surface area contributed by atoms with Crippen LogP contribution in [0.1, 0.15) is 36.5 Å². The zero-order valence-corrected chi connectivity index (χ0v) is 20.6. The van der Waals surface area contributed by atoms with Crippen molar-refractivity contribution in [1.29, 1.82) is 0 Å². The molecule has 0 saturated carbocycles. The first-order valence-corrected chi connectivity index (χ1v) is 11.9. The molecule has 3 aromatic rings. The van der Waals surface area contributed by atoms with Gasteiger partial charge in [0.05, 0.1) is 17.1 Å². The van der Waals surface area contributed by atoms with E-state index in [0.717, 1.165) is 27.5 Å². The monoisotopic (exact) mass is 511 g/mol. The molecular weight excluding hydrogens is 486 g/mol. The lowest BCUT2D eigenvalue weighted by Gasteiger charge is -2.35. The highest BCUT2D eigenvalue weighted by molar-refractivity contribution is 9.10. The number of carbonyl (C=O) groups is 1. The third-order valence-electron chi connectivity index (χ3n) is 5.88. The second-order valence-electron chi connectivity index (χ2n) is 7.99. The zero-order chi connectivity index (χ0) is 22.7. The number of anilines is 2. The molecule has 1 saturated heterocycles. The third-order valence-corrected chi connectivity index (χ3v) is 6.87. The Kier molecular flexibility index (Phi) is 6.96. The highest BCUT2D eigenvalue weighted by atomic mass is 79.9. The lowest BCUT2D eigenvalue weighted by Crippen LogP contribution is -2.37. The predicted molar refractivity (Wildman–Crippen MR) is 139 cm³/mol. The van der Waals surface area contributed by atoms with Crippen molar-refractivity contribution in [1.82, 2.24) is 5.32 Å². The third kappa shape index (κ3) is 4.74. The van der Waals surface area contributed by atoms with Crippen molar-refractivity contribution in [2.45, 2.75) is 32.2 Å². The summed E-state index contributed by atoms with van der Waals surface area (Å²) in [5.41, 5.74) is 2.45. The Morgan fingerprint density at radius 2 is 1.91 bits per heavy atom. The highest BCUT2D eigenvalue weighted by Gasteiger charge is 2.20. The standard InChI is InChI=1S/C25H26BrN3O2S/c1-16-7-5-6-14-29(16)19-12-10-18(11-13-19)27-25(32)28-24(30)21-15-17-8-3-4-9-20(17)22(26)23(21)31-2/h3-4,8-13,15-16H,5-7,14H2,1-2H3,(H2,27,28,30,32). The molecule has 1 amide bonds. The van der Waals surface area contributed by atoms with Crippen molar-refractivity contribution in [3.8, 4) is 5.75 Å². The molecule has 5 nitrogen and oxygen atoms in total. The average molecular weight is 512 g/mol. The van der Waals surface area contributed by atoms with Gasteiger partial charge in [0.15, 0.2) is 5.11 Å². The maximum atomic E-state index is 13.0. The first-order chi connectivity index (χ1) is 15.5. The molecule has 0 aliphatic carbocycles. The minimum absolute atomic E-state index is 0.237. The predicted octanol–water partition coefficient (Wildman–Crippen LogP) is 6.12. The fourth-order valence-electron chi connectivity index (χ4n) is 4.20. The molecule has 2 N–H and O–H groups in total. The van der Waals surface area contributed by atoms with Gasteiger partial charge in [0.25, 0.3) is 5.91 Å². The second-order valence-corrected chi connectivity index (χ2v) is 9.19. The van der Waals surface area contributed by atoms with E-state index >= 15 is 0 Å². The summed E-state index contributed by atoms with van der Waals surface area (Å²) in [4.78, 5) is 15.4. The topological polar surface area (TPSA) is 53.6 Å². The molecule has 0 bridgehead atoms. The molecule has 0 spiro atoms. The van der Waals surface area contributed by atoms with Crippen molar-refractivity contribution in [3.63, 3.8) is 0 Å². The number of nitrogens with one attached hydrogen (secondary N) is 2. The van der Waals surface area contributed by atoms with E-state index in [1.54, 1.807) is 7.11 Å². The van der Waals surface area contributed by atoms with Crippen molar-refractivity contribution in [2.24, 2.45) is 0 Å². The van der Waals surface area contributed by atoms with Gasteiger partial charge in [-0.2, -0.15) is 0 Å². The largest absolute Gasteiger partial charge is 0.495 e. The summed E-state index contributed by atoms with van der Waals surface area (Å²) >= 11 is 8.96. The smallest absolute Gasteiger partial charge is 0.261 e. The Hall–Kier alpha value is -2.64. The first kappa shape index (κ1) is 22.6. The summed E-state index contributed by atoms with van der Waals surface area (Å²) in [7, 11) is 1.55. The number of rotatable bonds is 4. The molecule has 1 fully saturated rings. The van der Waals surface area contributed by atoms with Crippen LogP contribution in [0.25, 0.3) is 10.8 Å². The van der Waals surface area contributed by atoms with Crippen molar-refractivity contribution >= 4 is 61.3 Å². The lowest BCUT2D eigenvalue weighted by atomic mass is 10.0. The minimum Gasteiger partial charge on any atom is -0.495 e. The van der Waals surface area contributed by atoms with E-state index in [1.165, 1.54) is 24.9 Å². The number of halogens is 1. The van der Waals surface area contributed by atoms with Crippen LogP contribution in [-0.2, 0) is 0 Å². The molecule has 1 atom stereocenters. The molecule has 7 heteroatoms. The van der Waals surface area contributed by atoms with Gasteiger partial charge >= 0.3 is 0 Å². The Morgan fingerprint density at radius 3 is 2.62 bits per heavy atom. The minimum atomic E-state index is -0.329. The Labute approximate surface area is 202 Å². The molecule has 0 aromatic heterocycles. The Morgan fingerprint density at radius 1 is 1.16 bits per heavy atom. The number of hydrogen-bond donors (Lipinski definition) is 2. The molecule has 1 heterocycles. The summed E-state index contributed by atoms with van der Waals surface area (Å²) in [6.45, 7) is 3.36. The summed E-state index contributed by atoms with van der Waals surface area (Å²) in [5.74, 6) is 0.147. The van der Waals surface area contributed by atoms with Gasteiger partial charge in [-0.05, 0) is 95.4 Å². The SMILES string of the molecule is COc1c(C(=O)NC(=S)Nc2ccc(N3CCCCC3C)cc2)cc2ccccc2c1Br. The van der Waals surface area contributed by atoms with Gasteiger partial charge in [0, 0.05) is 24.0 Å². The van der Waals surface area contributed by atoms with Gasteiger partial charge in [-0.15, -0.1) is 0 Å². The molecule has 0 radical (unpaired) electrons. The van der Waals surface area contributed by atoms with Crippen LogP contribution in [0.3, 0.4) is 0 Å². The van der Waals surface area contributed by atoms with Crippen molar-refractivity contribution in [3.05, 3.63) is 64.6 Å². The number of carbonyl (C=O) groups excluding carboxylic acids is 1.